The van der Waals surface area contributed by atoms with Gasteiger partial charge in [-0.05, 0) is 41.7 Å². The lowest BCUT2D eigenvalue weighted by Crippen LogP contribution is -2.57. The van der Waals surface area contributed by atoms with Gasteiger partial charge in [0.1, 0.15) is 12.6 Å². The molecule has 2 aromatic heterocycles. The highest BCUT2D eigenvalue weighted by atomic mass is 19.3. The van der Waals surface area contributed by atoms with Crippen LogP contribution in [0.15, 0.2) is 110 Å². The van der Waals surface area contributed by atoms with Gasteiger partial charge in [0, 0.05) is 37.6 Å². The Labute approximate surface area is 295 Å². The number of nitrogens with zero attached hydrogens (tertiary/aromatic N) is 3. The molecule has 0 spiro atoms. The van der Waals surface area contributed by atoms with Crippen molar-refractivity contribution in [1.82, 2.24) is 30.8 Å². The Morgan fingerprint density at radius 1 is 0.824 bits per heavy atom. The lowest BCUT2D eigenvalue weighted by atomic mass is 9.92. The third-order valence-electron chi connectivity index (χ3n) is 8.02. The Hall–Kier alpha value is -5.72. The average Bonchev–Trinajstić information content (AvgIpc) is 3.13. The number of alkyl carbamates (subject to hydrolysis) is 1. The van der Waals surface area contributed by atoms with Gasteiger partial charge in [-0.3, -0.25) is 19.6 Å². The number of halogens is 2. The van der Waals surface area contributed by atoms with Crippen LogP contribution in [-0.2, 0) is 33.9 Å². The highest BCUT2D eigenvalue weighted by Crippen LogP contribution is 2.31. The van der Waals surface area contributed by atoms with Gasteiger partial charge in [-0.15, -0.1) is 0 Å². The standard InChI is InChI=1S/C38H42F2N6O5/c1-26(2)33(45-36(49)46(3)24-30-18-10-11-20-42-30)35(48)43-31(21-27-13-6-4-7-14-27)34(47)38(39,40)22-32(29-16-8-5-9-17-29)44-37(50)51-25-28-15-12-19-41-23-28/h4-20,23,26,31-33H,21-22,24-25H2,1-3H3,(H,43,48)(H,44,50)(H,45,49)/t31-,32-,33-/m0/s1. The van der Waals surface area contributed by atoms with E-state index in [1.807, 2.05) is 0 Å². The van der Waals surface area contributed by atoms with E-state index in [2.05, 4.69) is 25.9 Å². The minimum atomic E-state index is -4.02. The molecule has 268 valence electrons. The summed E-state index contributed by atoms with van der Waals surface area (Å²) in [6.07, 6.45) is 2.35. The molecule has 2 aromatic carbocycles. The molecule has 4 amide bonds. The van der Waals surface area contributed by atoms with Crippen LogP contribution < -0.4 is 16.0 Å². The van der Waals surface area contributed by atoms with Crippen molar-refractivity contribution in [3.8, 4) is 0 Å². The molecule has 0 radical (unpaired) electrons. The molecule has 0 saturated carbocycles. The average molecular weight is 701 g/mol. The molecule has 11 nitrogen and oxygen atoms in total. The van der Waals surface area contributed by atoms with Crippen LogP contribution in [0.3, 0.4) is 0 Å². The summed E-state index contributed by atoms with van der Waals surface area (Å²) in [7, 11) is 1.54. The van der Waals surface area contributed by atoms with Crippen LogP contribution in [0.25, 0.3) is 0 Å². The zero-order valence-electron chi connectivity index (χ0n) is 28.7. The highest BCUT2D eigenvalue weighted by Gasteiger charge is 2.46. The molecule has 3 N–H and O–H groups in total. The Kier molecular flexibility index (Phi) is 13.7. The normalized spacial score (nSPS) is 13.0. The van der Waals surface area contributed by atoms with Crippen molar-refractivity contribution in [2.45, 2.75) is 63.9 Å². The maximum atomic E-state index is 16.2. The summed E-state index contributed by atoms with van der Waals surface area (Å²) in [4.78, 5) is 62.8. The maximum absolute atomic E-state index is 16.2. The number of benzene rings is 2. The van der Waals surface area contributed by atoms with Crippen LogP contribution in [0.4, 0.5) is 18.4 Å². The summed E-state index contributed by atoms with van der Waals surface area (Å²) in [6, 6.07) is 20.4. The first-order valence-corrected chi connectivity index (χ1v) is 16.5. The van der Waals surface area contributed by atoms with E-state index >= 15 is 8.78 Å². The van der Waals surface area contributed by atoms with Gasteiger partial charge in [0.05, 0.1) is 24.3 Å². The lowest BCUT2D eigenvalue weighted by Gasteiger charge is -2.30. The SMILES string of the molecule is CC(C)[C@H](NC(=O)N(C)Cc1ccccn1)C(=O)N[C@@H](Cc1ccccc1)C(=O)C(F)(F)C[C@H](NC(=O)OCc1cccnc1)c1ccccc1. The van der Waals surface area contributed by atoms with Crippen molar-refractivity contribution in [2.24, 2.45) is 5.92 Å². The first kappa shape index (κ1) is 38.1. The fraction of sp³-hybridized carbons (Fsp3) is 0.316. The van der Waals surface area contributed by atoms with Crippen molar-refractivity contribution in [2.75, 3.05) is 7.05 Å². The Bertz CT molecular complexity index is 1720. The van der Waals surface area contributed by atoms with Crippen LogP contribution in [0.1, 0.15) is 48.7 Å². The number of alkyl halides is 2. The number of urea groups is 1. The van der Waals surface area contributed by atoms with Gasteiger partial charge in [-0.2, -0.15) is 8.78 Å². The number of Topliss-reactive ketones (excluding diaryl/α,β-unsaturated/α-hetero) is 1. The Balaban J connectivity index is 1.52. The second kappa shape index (κ2) is 18.3. The molecular formula is C38H42F2N6O5. The second-order valence-corrected chi connectivity index (χ2v) is 12.4. The van der Waals surface area contributed by atoms with E-state index in [0.717, 1.165) is 0 Å². The van der Waals surface area contributed by atoms with Gasteiger partial charge in [0.25, 0.3) is 0 Å². The van der Waals surface area contributed by atoms with Crippen LogP contribution in [0.5, 0.6) is 0 Å². The van der Waals surface area contributed by atoms with E-state index in [-0.39, 0.29) is 19.6 Å². The summed E-state index contributed by atoms with van der Waals surface area (Å²) in [5.41, 5.74) is 2.08. The zero-order chi connectivity index (χ0) is 36.8. The van der Waals surface area contributed by atoms with Gasteiger partial charge >= 0.3 is 18.0 Å². The highest BCUT2D eigenvalue weighted by molar-refractivity contribution is 5.96. The molecule has 0 aliphatic rings. The van der Waals surface area contributed by atoms with E-state index in [9.17, 15) is 19.2 Å². The van der Waals surface area contributed by atoms with Gasteiger partial charge < -0.3 is 25.6 Å². The molecule has 51 heavy (non-hydrogen) atoms. The predicted molar refractivity (Wildman–Crippen MR) is 186 cm³/mol. The van der Waals surface area contributed by atoms with Crippen molar-refractivity contribution < 1.29 is 32.7 Å². The van der Waals surface area contributed by atoms with Crippen LogP contribution in [0.2, 0.25) is 0 Å². The molecule has 4 aromatic rings. The topological polar surface area (TPSA) is 143 Å². The molecule has 0 fully saturated rings. The van der Waals surface area contributed by atoms with Crippen molar-refractivity contribution >= 4 is 23.8 Å². The number of hydrogen-bond donors (Lipinski definition) is 3. The van der Waals surface area contributed by atoms with Crippen molar-refractivity contribution in [1.29, 1.82) is 0 Å². The molecule has 2 heterocycles. The van der Waals surface area contributed by atoms with Crippen molar-refractivity contribution in [3.05, 3.63) is 132 Å². The second-order valence-electron chi connectivity index (χ2n) is 12.4. The van der Waals surface area contributed by atoms with E-state index < -0.39 is 60.2 Å². The number of carbonyl (C=O) groups is 4. The predicted octanol–water partition coefficient (Wildman–Crippen LogP) is 5.63. The summed E-state index contributed by atoms with van der Waals surface area (Å²) in [6.45, 7) is 3.40. The van der Waals surface area contributed by atoms with E-state index in [4.69, 9.17) is 4.74 Å². The Morgan fingerprint density at radius 3 is 2.12 bits per heavy atom. The fourth-order valence-electron chi connectivity index (χ4n) is 5.27. The summed E-state index contributed by atoms with van der Waals surface area (Å²) < 4.78 is 37.6. The van der Waals surface area contributed by atoms with Gasteiger partial charge in [0.15, 0.2) is 0 Å². The van der Waals surface area contributed by atoms with Gasteiger partial charge in [-0.25, -0.2) is 9.59 Å². The third-order valence-corrected chi connectivity index (χ3v) is 8.02. The monoisotopic (exact) mass is 700 g/mol. The molecule has 0 bridgehead atoms. The van der Waals surface area contributed by atoms with E-state index in [1.54, 1.807) is 117 Å². The van der Waals surface area contributed by atoms with Gasteiger partial charge in [-0.1, -0.05) is 86.6 Å². The van der Waals surface area contributed by atoms with E-state index in [0.29, 0.717) is 22.4 Å². The minimum absolute atomic E-state index is 0.145. The molecule has 0 aliphatic heterocycles. The lowest BCUT2D eigenvalue weighted by molar-refractivity contribution is -0.148. The number of ketones is 1. The smallest absolute Gasteiger partial charge is 0.407 e. The first-order chi connectivity index (χ1) is 24.4. The molecule has 3 atom stereocenters. The molecule has 0 saturated heterocycles. The molecule has 0 unspecified atom stereocenters. The Morgan fingerprint density at radius 2 is 1.49 bits per heavy atom. The largest absolute Gasteiger partial charge is 0.445 e. The zero-order valence-corrected chi connectivity index (χ0v) is 28.7. The number of rotatable bonds is 16. The van der Waals surface area contributed by atoms with Crippen molar-refractivity contribution in [3.63, 3.8) is 0 Å². The summed E-state index contributed by atoms with van der Waals surface area (Å²) >= 11 is 0. The quantitative estimate of drug-likeness (QED) is 0.138. The summed E-state index contributed by atoms with van der Waals surface area (Å²) in [5.74, 6) is -6.84. The minimum Gasteiger partial charge on any atom is -0.445 e. The number of amides is 4. The summed E-state index contributed by atoms with van der Waals surface area (Å²) in [5, 5.41) is 7.64. The van der Waals surface area contributed by atoms with Crippen LogP contribution >= 0.6 is 0 Å². The number of hydrogen-bond acceptors (Lipinski definition) is 7. The number of pyridine rings is 2. The number of nitrogens with one attached hydrogen (secondary N) is 3. The maximum Gasteiger partial charge on any atom is 0.407 e. The fourth-order valence-corrected chi connectivity index (χ4v) is 5.27. The number of aromatic nitrogens is 2. The third kappa shape index (κ3) is 11.7. The van der Waals surface area contributed by atoms with Crippen LogP contribution in [0, 0.1) is 5.92 Å². The number of carbonyl (C=O) groups excluding carboxylic acids is 4. The molecular weight excluding hydrogens is 658 g/mol. The molecule has 13 heteroatoms. The molecule has 0 aliphatic carbocycles. The van der Waals surface area contributed by atoms with Gasteiger partial charge in [0.2, 0.25) is 11.7 Å². The molecule has 4 rings (SSSR count). The van der Waals surface area contributed by atoms with E-state index in [1.165, 1.54) is 18.1 Å². The first-order valence-electron chi connectivity index (χ1n) is 16.5. The van der Waals surface area contributed by atoms with Crippen LogP contribution in [-0.4, -0.2) is 63.7 Å². The number of ether oxygens (including phenoxy) is 1.